The smallest absolute Gasteiger partial charge is 0.254 e. The number of hydrogen-bond donors (Lipinski definition) is 2. The van der Waals surface area contributed by atoms with Crippen molar-refractivity contribution < 1.29 is 9.90 Å². The van der Waals surface area contributed by atoms with E-state index in [0.717, 1.165) is 44.8 Å². The molecule has 1 saturated carbocycles. The SMILES string of the molecule is CC(C)c1ncc(C(=O)N[C@H]2C[C@H]3CN(CCn4cccn4)C[C@H]3C[C@@H]2O)cn1. The largest absolute Gasteiger partial charge is 0.391 e. The highest BCUT2D eigenvalue weighted by molar-refractivity contribution is 5.93. The van der Waals surface area contributed by atoms with E-state index in [1.165, 1.54) is 0 Å². The molecular formula is C21H30N6O2. The first-order chi connectivity index (χ1) is 14.0. The number of carbonyl (C=O) groups excluding carboxylic acids is 1. The Morgan fingerprint density at radius 3 is 2.59 bits per heavy atom. The second-order valence-corrected chi connectivity index (χ2v) is 8.65. The van der Waals surface area contributed by atoms with Gasteiger partial charge in [-0.3, -0.25) is 9.48 Å². The molecule has 1 aliphatic carbocycles. The van der Waals surface area contributed by atoms with Crippen molar-refractivity contribution in [2.75, 3.05) is 19.6 Å². The Labute approximate surface area is 171 Å². The van der Waals surface area contributed by atoms with Crippen LogP contribution in [-0.2, 0) is 6.54 Å². The predicted molar refractivity (Wildman–Crippen MR) is 108 cm³/mol. The van der Waals surface area contributed by atoms with Gasteiger partial charge in [0.2, 0.25) is 0 Å². The third-order valence-corrected chi connectivity index (χ3v) is 6.19. The van der Waals surface area contributed by atoms with Crippen molar-refractivity contribution in [3.63, 3.8) is 0 Å². The minimum absolute atomic E-state index is 0.212. The maximum atomic E-state index is 12.6. The van der Waals surface area contributed by atoms with Crippen molar-refractivity contribution in [1.82, 2.24) is 30.0 Å². The zero-order chi connectivity index (χ0) is 20.4. The fourth-order valence-corrected chi connectivity index (χ4v) is 4.55. The van der Waals surface area contributed by atoms with E-state index in [4.69, 9.17) is 0 Å². The Morgan fingerprint density at radius 2 is 1.93 bits per heavy atom. The minimum atomic E-state index is -0.512. The molecule has 1 aliphatic heterocycles. The summed E-state index contributed by atoms with van der Waals surface area (Å²) in [7, 11) is 0. The first-order valence-electron chi connectivity index (χ1n) is 10.5. The van der Waals surface area contributed by atoms with E-state index in [1.54, 1.807) is 18.6 Å². The molecule has 0 spiro atoms. The molecule has 8 heteroatoms. The summed E-state index contributed by atoms with van der Waals surface area (Å²) in [5.74, 6) is 1.73. The molecule has 2 aromatic heterocycles. The van der Waals surface area contributed by atoms with Crippen LogP contribution in [0.2, 0.25) is 0 Å². The van der Waals surface area contributed by atoms with E-state index in [2.05, 4.69) is 25.3 Å². The standard InChI is InChI=1S/C21H30N6O2/c1-14(2)20-22-10-17(11-23-20)21(29)25-18-8-15-12-26(13-16(15)9-19(18)28)6-7-27-5-3-4-24-27/h3-5,10-11,14-16,18-19,28H,6-9,12-13H2,1-2H3,(H,25,29)/t15-,16+,18-,19-/m0/s1. The number of fused-ring (bicyclic) bond motifs is 1. The zero-order valence-electron chi connectivity index (χ0n) is 17.1. The molecule has 1 saturated heterocycles. The molecule has 2 N–H and O–H groups in total. The molecule has 0 radical (unpaired) electrons. The van der Waals surface area contributed by atoms with E-state index in [-0.39, 0.29) is 17.9 Å². The fraction of sp³-hybridized carbons (Fsp3) is 0.619. The van der Waals surface area contributed by atoms with Crippen LogP contribution in [0.1, 0.15) is 48.8 Å². The molecule has 4 rings (SSSR count). The summed E-state index contributed by atoms with van der Waals surface area (Å²) in [4.78, 5) is 23.6. The maximum absolute atomic E-state index is 12.6. The van der Waals surface area contributed by atoms with Crippen molar-refractivity contribution >= 4 is 5.91 Å². The molecule has 0 aromatic carbocycles. The van der Waals surface area contributed by atoms with E-state index in [1.807, 2.05) is 30.8 Å². The first kappa shape index (κ1) is 20.0. The Kier molecular flexibility index (Phi) is 5.91. The molecule has 156 valence electrons. The lowest BCUT2D eigenvalue weighted by molar-refractivity contribution is 0.0461. The highest BCUT2D eigenvalue weighted by Gasteiger charge is 2.42. The quantitative estimate of drug-likeness (QED) is 0.761. The van der Waals surface area contributed by atoms with E-state index in [9.17, 15) is 9.90 Å². The van der Waals surface area contributed by atoms with Crippen molar-refractivity contribution in [1.29, 1.82) is 0 Å². The molecule has 2 aromatic rings. The van der Waals surface area contributed by atoms with Gasteiger partial charge in [0.15, 0.2) is 0 Å². The van der Waals surface area contributed by atoms with Gasteiger partial charge < -0.3 is 15.3 Å². The van der Waals surface area contributed by atoms with Crippen LogP contribution >= 0.6 is 0 Å². The summed E-state index contributed by atoms with van der Waals surface area (Å²) in [6.07, 6.45) is 7.95. The van der Waals surface area contributed by atoms with Gasteiger partial charge in [-0.05, 0) is 30.7 Å². The number of nitrogens with zero attached hydrogens (tertiary/aromatic N) is 5. The van der Waals surface area contributed by atoms with Gasteiger partial charge in [-0.2, -0.15) is 5.10 Å². The highest BCUT2D eigenvalue weighted by Crippen LogP contribution is 2.36. The Bertz CT molecular complexity index is 807. The summed E-state index contributed by atoms with van der Waals surface area (Å²) in [5.41, 5.74) is 0.441. The van der Waals surface area contributed by atoms with Crippen LogP contribution in [0, 0.1) is 11.8 Å². The average Bonchev–Trinajstić information content (AvgIpc) is 3.36. The molecule has 0 bridgehead atoms. The van der Waals surface area contributed by atoms with E-state index < -0.39 is 6.10 Å². The van der Waals surface area contributed by atoms with E-state index in [0.29, 0.717) is 17.4 Å². The summed E-state index contributed by atoms with van der Waals surface area (Å²) in [6.45, 7) is 7.89. The number of aliphatic hydroxyl groups excluding tert-OH is 1. The van der Waals surface area contributed by atoms with Crippen molar-refractivity contribution in [3.05, 3.63) is 42.2 Å². The lowest BCUT2D eigenvalue weighted by atomic mass is 9.77. The predicted octanol–water partition coefficient (Wildman–Crippen LogP) is 1.30. The second-order valence-electron chi connectivity index (χ2n) is 8.65. The number of hydrogen-bond acceptors (Lipinski definition) is 6. The Balaban J connectivity index is 1.31. The van der Waals surface area contributed by atoms with Gasteiger partial charge in [0.1, 0.15) is 5.82 Å². The van der Waals surface area contributed by atoms with Gasteiger partial charge in [-0.15, -0.1) is 0 Å². The molecule has 4 atom stereocenters. The lowest BCUT2D eigenvalue weighted by Crippen LogP contribution is -2.49. The van der Waals surface area contributed by atoms with Crippen molar-refractivity contribution in [2.24, 2.45) is 11.8 Å². The zero-order valence-corrected chi connectivity index (χ0v) is 17.1. The molecule has 2 fully saturated rings. The van der Waals surface area contributed by atoms with Gasteiger partial charge in [-0.25, -0.2) is 9.97 Å². The van der Waals surface area contributed by atoms with Crippen LogP contribution in [-0.4, -0.2) is 67.4 Å². The Morgan fingerprint density at radius 1 is 1.21 bits per heavy atom. The molecule has 3 heterocycles. The minimum Gasteiger partial charge on any atom is -0.391 e. The van der Waals surface area contributed by atoms with Crippen LogP contribution in [0.3, 0.4) is 0 Å². The first-order valence-corrected chi connectivity index (χ1v) is 10.5. The van der Waals surface area contributed by atoms with Crippen molar-refractivity contribution in [3.8, 4) is 0 Å². The van der Waals surface area contributed by atoms with Crippen molar-refractivity contribution in [2.45, 2.75) is 51.3 Å². The average molecular weight is 399 g/mol. The van der Waals surface area contributed by atoms with Gasteiger partial charge >= 0.3 is 0 Å². The molecule has 29 heavy (non-hydrogen) atoms. The monoisotopic (exact) mass is 398 g/mol. The third kappa shape index (κ3) is 4.64. The second kappa shape index (κ2) is 8.59. The molecular weight excluding hydrogens is 368 g/mol. The van der Waals surface area contributed by atoms with E-state index >= 15 is 0 Å². The lowest BCUT2D eigenvalue weighted by Gasteiger charge is -2.35. The van der Waals surface area contributed by atoms with Gasteiger partial charge in [0, 0.05) is 50.3 Å². The topological polar surface area (TPSA) is 96.2 Å². The number of rotatable bonds is 6. The highest BCUT2D eigenvalue weighted by atomic mass is 16.3. The normalized spacial score (nSPS) is 27.2. The van der Waals surface area contributed by atoms with Crippen LogP contribution in [0.5, 0.6) is 0 Å². The number of likely N-dealkylation sites (tertiary alicyclic amines) is 1. The van der Waals surface area contributed by atoms with Gasteiger partial charge in [-0.1, -0.05) is 13.8 Å². The number of aliphatic hydroxyl groups is 1. The van der Waals surface area contributed by atoms with Crippen LogP contribution < -0.4 is 5.32 Å². The number of carbonyl (C=O) groups is 1. The van der Waals surface area contributed by atoms with Gasteiger partial charge in [0.25, 0.3) is 5.91 Å². The summed E-state index contributed by atoms with van der Waals surface area (Å²) < 4.78 is 1.95. The fourth-order valence-electron chi connectivity index (χ4n) is 4.55. The molecule has 1 amide bonds. The number of nitrogens with one attached hydrogen (secondary N) is 1. The summed E-state index contributed by atoms with van der Waals surface area (Å²) in [6, 6.07) is 1.72. The number of aromatic nitrogens is 4. The maximum Gasteiger partial charge on any atom is 0.254 e. The third-order valence-electron chi connectivity index (χ3n) is 6.19. The van der Waals surface area contributed by atoms with Gasteiger partial charge in [0.05, 0.1) is 24.3 Å². The van der Waals surface area contributed by atoms with Crippen LogP contribution in [0.25, 0.3) is 0 Å². The molecule has 8 nitrogen and oxygen atoms in total. The molecule has 2 aliphatic rings. The molecule has 0 unspecified atom stereocenters. The summed E-state index contributed by atoms with van der Waals surface area (Å²) in [5, 5.41) is 17.9. The number of amides is 1. The summed E-state index contributed by atoms with van der Waals surface area (Å²) >= 11 is 0. The Hall–Kier alpha value is -2.32. The van der Waals surface area contributed by atoms with Crippen LogP contribution in [0.15, 0.2) is 30.9 Å². The van der Waals surface area contributed by atoms with Crippen LogP contribution in [0.4, 0.5) is 0 Å².